The van der Waals surface area contributed by atoms with Gasteiger partial charge in [-0.3, -0.25) is 4.57 Å². The molecule has 0 saturated carbocycles. The molecule has 3 aromatic rings. The van der Waals surface area contributed by atoms with Gasteiger partial charge in [0, 0.05) is 11.0 Å². The lowest BCUT2D eigenvalue weighted by Gasteiger charge is -2.12. The minimum atomic E-state index is -0.632. The average Bonchev–Trinajstić information content (AvgIpc) is 2.60. The number of hydrogen-bond acceptors (Lipinski definition) is 4. The third kappa shape index (κ3) is 4.33. The summed E-state index contributed by atoms with van der Waals surface area (Å²) in [5.74, 6) is 0.258. The van der Waals surface area contributed by atoms with Crippen molar-refractivity contribution in [3.05, 3.63) is 72.5 Å². The van der Waals surface area contributed by atoms with E-state index in [0.29, 0.717) is 28.5 Å². The molecule has 0 N–H and O–H groups in total. The number of halogens is 1. The third-order valence-electron chi connectivity index (χ3n) is 4.48. The lowest BCUT2D eigenvalue weighted by Crippen LogP contribution is -2.25. The van der Waals surface area contributed by atoms with Gasteiger partial charge in [-0.25, -0.2) is 9.59 Å². The van der Waals surface area contributed by atoms with Crippen molar-refractivity contribution < 1.29 is 9.15 Å². The fourth-order valence-electron chi connectivity index (χ4n) is 3.07. The molecular weight excluding hydrogens is 410 g/mol. The zero-order valence-corrected chi connectivity index (χ0v) is 17.3. The van der Waals surface area contributed by atoms with E-state index in [9.17, 15) is 9.59 Å². The van der Waals surface area contributed by atoms with Gasteiger partial charge < -0.3 is 9.15 Å². The van der Waals surface area contributed by atoms with Gasteiger partial charge in [0.1, 0.15) is 5.75 Å². The maximum atomic E-state index is 12.2. The molecule has 0 aliphatic rings. The number of hydrogen-bond donors (Lipinski definition) is 0. The zero-order chi connectivity index (χ0) is 19.6. The normalized spacial score (nSPS) is 11.1. The van der Waals surface area contributed by atoms with Gasteiger partial charge in [0.25, 0.3) is 0 Å². The van der Waals surface area contributed by atoms with Crippen LogP contribution < -0.4 is 16.1 Å². The Morgan fingerprint density at radius 1 is 1.04 bits per heavy atom. The molecule has 0 fully saturated rings. The second-order valence-electron chi connectivity index (χ2n) is 6.77. The Kier molecular flexibility index (Phi) is 5.85. The highest BCUT2D eigenvalue weighted by Crippen LogP contribution is 2.23. The van der Waals surface area contributed by atoms with E-state index < -0.39 is 11.4 Å². The van der Waals surface area contributed by atoms with Crippen molar-refractivity contribution in [2.75, 3.05) is 6.61 Å². The number of unbranched alkanes of at least 4 members (excludes halogenated alkanes) is 1. The first-order chi connectivity index (χ1) is 12.9. The van der Waals surface area contributed by atoms with Crippen molar-refractivity contribution in [2.45, 2.75) is 40.2 Å². The van der Waals surface area contributed by atoms with Crippen LogP contribution in [0.25, 0.3) is 10.9 Å². The van der Waals surface area contributed by atoms with Gasteiger partial charge in [0.05, 0.1) is 17.5 Å². The molecular formula is C21H22BrNO4. The minimum absolute atomic E-state index is 0.410. The predicted molar refractivity (Wildman–Crippen MR) is 110 cm³/mol. The number of nitrogens with zero attached hydrogens (tertiary/aromatic N) is 1. The molecule has 1 aromatic heterocycles. The second-order valence-corrected chi connectivity index (χ2v) is 7.63. The third-order valence-corrected chi connectivity index (χ3v) is 5.08. The number of rotatable bonds is 6. The highest BCUT2D eigenvalue weighted by atomic mass is 79.9. The molecule has 0 saturated heterocycles. The van der Waals surface area contributed by atoms with Gasteiger partial charge >= 0.3 is 11.4 Å². The van der Waals surface area contributed by atoms with Gasteiger partial charge in [0.2, 0.25) is 0 Å². The Morgan fingerprint density at radius 2 is 1.81 bits per heavy atom. The van der Waals surface area contributed by atoms with E-state index in [1.54, 1.807) is 6.07 Å². The molecule has 0 unspecified atom stereocenters. The standard InChI is InChI=1S/C21H22BrNO4/c1-13-6-7-15(3)18(12-13)26-9-5-4-8-23-19-16(20(24)27-21(23)25)10-14(2)11-17(19)22/h6-7,10-12H,4-5,8-9H2,1-3H3. The molecule has 0 aliphatic carbocycles. The van der Waals surface area contributed by atoms with E-state index in [1.165, 1.54) is 4.57 Å². The van der Waals surface area contributed by atoms with Crippen LogP contribution in [-0.4, -0.2) is 11.2 Å². The molecule has 0 spiro atoms. The summed E-state index contributed by atoms with van der Waals surface area (Å²) in [6.07, 6.45) is 1.51. The largest absolute Gasteiger partial charge is 0.493 e. The molecule has 5 nitrogen and oxygen atoms in total. The average molecular weight is 432 g/mol. The van der Waals surface area contributed by atoms with Crippen molar-refractivity contribution in [1.82, 2.24) is 4.57 Å². The summed E-state index contributed by atoms with van der Waals surface area (Å²) in [5, 5.41) is 0.410. The van der Waals surface area contributed by atoms with E-state index in [4.69, 9.17) is 9.15 Å². The molecule has 27 heavy (non-hydrogen) atoms. The van der Waals surface area contributed by atoms with Gasteiger partial charge in [-0.1, -0.05) is 12.1 Å². The van der Waals surface area contributed by atoms with Gasteiger partial charge in [-0.2, -0.15) is 0 Å². The molecule has 3 rings (SSSR count). The highest BCUT2D eigenvalue weighted by Gasteiger charge is 2.13. The number of ether oxygens (including phenoxy) is 1. The summed E-state index contributed by atoms with van der Waals surface area (Å²) < 4.78 is 13.0. The Hall–Kier alpha value is -2.34. The van der Waals surface area contributed by atoms with E-state index in [1.807, 2.05) is 39.0 Å². The Labute approximate surface area is 165 Å². The highest BCUT2D eigenvalue weighted by molar-refractivity contribution is 9.10. The minimum Gasteiger partial charge on any atom is -0.493 e. The quantitative estimate of drug-likeness (QED) is 0.538. The molecule has 0 atom stereocenters. The molecule has 0 bridgehead atoms. The summed E-state index contributed by atoms with van der Waals surface area (Å²) in [6, 6.07) is 9.76. The van der Waals surface area contributed by atoms with Gasteiger partial charge in [0.15, 0.2) is 0 Å². The van der Waals surface area contributed by atoms with Crippen LogP contribution in [0.5, 0.6) is 5.75 Å². The van der Waals surface area contributed by atoms with Crippen LogP contribution >= 0.6 is 15.9 Å². The van der Waals surface area contributed by atoms with Crippen LogP contribution in [-0.2, 0) is 6.54 Å². The van der Waals surface area contributed by atoms with Crippen LogP contribution in [0, 0.1) is 20.8 Å². The molecule has 142 valence electrons. The van der Waals surface area contributed by atoms with Crippen molar-refractivity contribution in [3.63, 3.8) is 0 Å². The summed E-state index contributed by atoms with van der Waals surface area (Å²) in [4.78, 5) is 24.2. The Balaban J connectivity index is 1.71. The number of aryl methyl sites for hydroxylation is 4. The van der Waals surface area contributed by atoms with E-state index >= 15 is 0 Å². The summed E-state index contributed by atoms with van der Waals surface area (Å²) in [6.45, 7) is 6.97. The lowest BCUT2D eigenvalue weighted by molar-refractivity contribution is 0.299. The van der Waals surface area contributed by atoms with E-state index in [-0.39, 0.29) is 0 Å². The summed E-state index contributed by atoms with van der Waals surface area (Å²) in [7, 11) is 0. The summed E-state index contributed by atoms with van der Waals surface area (Å²) >= 11 is 3.47. The van der Waals surface area contributed by atoms with Crippen molar-refractivity contribution in [3.8, 4) is 5.75 Å². The Bertz CT molecular complexity index is 1100. The molecule has 2 aromatic carbocycles. The monoisotopic (exact) mass is 431 g/mol. The first-order valence-electron chi connectivity index (χ1n) is 8.90. The summed E-state index contributed by atoms with van der Waals surface area (Å²) in [5.41, 5.74) is 3.17. The Morgan fingerprint density at radius 3 is 2.59 bits per heavy atom. The molecule has 0 amide bonds. The van der Waals surface area contributed by atoms with E-state index in [0.717, 1.165) is 35.3 Å². The SMILES string of the molecule is Cc1ccc(C)c(OCCCCn2c(=O)oc(=O)c3cc(C)cc(Br)c32)c1. The fourth-order valence-corrected chi connectivity index (χ4v) is 3.85. The molecule has 6 heteroatoms. The van der Waals surface area contributed by atoms with Crippen molar-refractivity contribution >= 4 is 26.8 Å². The molecule has 0 aliphatic heterocycles. The number of aromatic nitrogens is 1. The van der Waals surface area contributed by atoms with Gasteiger partial charge in [-0.05, 0) is 84.4 Å². The van der Waals surface area contributed by atoms with Crippen LogP contribution in [0.1, 0.15) is 29.5 Å². The van der Waals surface area contributed by atoms with Crippen LogP contribution in [0.15, 0.2) is 48.8 Å². The number of fused-ring (bicyclic) bond motifs is 1. The smallest absolute Gasteiger partial charge is 0.422 e. The van der Waals surface area contributed by atoms with Crippen LogP contribution in [0.2, 0.25) is 0 Å². The molecule has 0 radical (unpaired) electrons. The fraction of sp³-hybridized carbons (Fsp3) is 0.333. The second kappa shape index (κ2) is 8.13. The first kappa shape index (κ1) is 19.4. The zero-order valence-electron chi connectivity index (χ0n) is 15.7. The van der Waals surface area contributed by atoms with Crippen molar-refractivity contribution in [2.24, 2.45) is 0 Å². The topological polar surface area (TPSA) is 61.4 Å². The van der Waals surface area contributed by atoms with E-state index in [2.05, 4.69) is 22.0 Å². The van der Waals surface area contributed by atoms with Gasteiger partial charge in [-0.15, -0.1) is 0 Å². The molecule has 1 heterocycles. The van der Waals surface area contributed by atoms with Crippen molar-refractivity contribution in [1.29, 1.82) is 0 Å². The van der Waals surface area contributed by atoms with Crippen LogP contribution in [0.4, 0.5) is 0 Å². The lowest BCUT2D eigenvalue weighted by atomic mass is 10.1. The number of benzene rings is 2. The van der Waals surface area contributed by atoms with Crippen LogP contribution in [0.3, 0.4) is 0 Å². The first-order valence-corrected chi connectivity index (χ1v) is 9.70. The predicted octanol–water partition coefficient (Wildman–Crippen LogP) is 4.50. The maximum absolute atomic E-state index is 12.2. The maximum Gasteiger partial charge on any atom is 0.422 e.